The SMILES string of the molecule is N#CC(C(=O)CC1CC2CCC1C2)c1cccc(Cl)c1. The molecule has 0 radical (unpaired) electrons. The zero-order valence-electron chi connectivity index (χ0n) is 11.4. The van der Waals surface area contributed by atoms with E-state index in [1.807, 2.05) is 6.07 Å². The molecule has 0 amide bonds. The van der Waals surface area contributed by atoms with Crippen LogP contribution < -0.4 is 0 Å². The minimum atomic E-state index is -0.659. The minimum absolute atomic E-state index is 0.0623. The van der Waals surface area contributed by atoms with E-state index in [9.17, 15) is 10.1 Å². The number of nitriles is 1. The number of hydrogen-bond donors (Lipinski definition) is 0. The Balaban J connectivity index is 1.70. The van der Waals surface area contributed by atoms with E-state index in [1.165, 1.54) is 25.7 Å². The molecule has 1 aromatic rings. The van der Waals surface area contributed by atoms with Gasteiger partial charge in [0.1, 0.15) is 5.92 Å². The van der Waals surface area contributed by atoms with Gasteiger partial charge in [-0.25, -0.2) is 0 Å². The summed E-state index contributed by atoms with van der Waals surface area (Å²) in [5, 5.41) is 9.91. The second-order valence-corrected chi connectivity index (χ2v) is 6.66. The molecule has 0 aliphatic heterocycles. The Hall–Kier alpha value is -1.33. The van der Waals surface area contributed by atoms with Crippen molar-refractivity contribution < 1.29 is 4.79 Å². The molecule has 3 heteroatoms. The van der Waals surface area contributed by atoms with Gasteiger partial charge in [-0.3, -0.25) is 4.79 Å². The van der Waals surface area contributed by atoms with Crippen molar-refractivity contribution in [3.63, 3.8) is 0 Å². The Kier molecular flexibility index (Phi) is 3.81. The molecule has 0 saturated heterocycles. The molecule has 0 aromatic heterocycles. The van der Waals surface area contributed by atoms with Crippen molar-refractivity contribution >= 4 is 17.4 Å². The van der Waals surface area contributed by atoms with Gasteiger partial charge in [-0.2, -0.15) is 5.26 Å². The maximum atomic E-state index is 12.5. The molecule has 2 saturated carbocycles. The quantitative estimate of drug-likeness (QED) is 0.826. The Morgan fingerprint density at radius 2 is 2.25 bits per heavy atom. The number of halogens is 1. The van der Waals surface area contributed by atoms with E-state index in [0.717, 1.165) is 17.4 Å². The molecule has 2 aliphatic carbocycles. The number of Topliss-reactive ketones (excluding diaryl/α,β-unsaturated/α-hetero) is 1. The molecular weight excluding hydrogens is 270 g/mol. The highest BCUT2D eigenvalue weighted by Crippen LogP contribution is 2.50. The number of fused-ring (bicyclic) bond motifs is 2. The van der Waals surface area contributed by atoms with Crippen LogP contribution in [0.2, 0.25) is 5.02 Å². The number of carbonyl (C=O) groups is 1. The normalized spacial score (nSPS) is 29.1. The molecule has 2 aliphatic rings. The lowest BCUT2D eigenvalue weighted by Gasteiger charge is -2.21. The van der Waals surface area contributed by atoms with Gasteiger partial charge in [-0.15, -0.1) is 0 Å². The maximum absolute atomic E-state index is 12.5. The van der Waals surface area contributed by atoms with Crippen molar-refractivity contribution in [2.45, 2.75) is 38.0 Å². The number of nitrogens with zero attached hydrogens (tertiary/aromatic N) is 1. The lowest BCUT2D eigenvalue weighted by Crippen LogP contribution is -2.19. The average molecular weight is 288 g/mol. The van der Waals surface area contributed by atoms with Crippen LogP contribution in [0.4, 0.5) is 0 Å². The average Bonchev–Trinajstić information content (AvgIpc) is 3.02. The van der Waals surface area contributed by atoms with Crippen LogP contribution in [-0.4, -0.2) is 5.78 Å². The fourth-order valence-electron chi connectivity index (χ4n) is 4.02. The Labute approximate surface area is 124 Å². The molecule has 0 heterocycles. The summed E-state index contributed by atoms with van der Waals surface area (Å²) < 4.78 is 0. The first-order valence-electron chi connectivity index (χ1n) is 7.35. The van der Waals surface area contributed by atoms with Crippen molar-refractivity contribution in [1.29, 1.82) is 5.26 Å². The molecule has 2 fully saturated rings. The second-order valence-electron chi connectivity index (χ2n) is 6.22. The molecule has 20 heavy (non-hydrogen) atoms. The summed E-state index contributed by atoms with van der Waals surface area (Å²) >= 11 is 5.95. The van der Waals surface area contributed by atoms with Crippen LogP contribution in [-0.2, 0) is 4.79 Å². The Morgan fingerprint density at radius 1 is 1.40 bits per heavy atom. The van der Waals surface area contributed by atoms with Gasteiger partial charge in [0.15, 0.2) is 5.78 Å². The van der Waals surface area contributed by atoms with Crippen molar-refractivity contribution in [1.82, 2.24) is 0 Å². The van der Waals surface area contributed by atoms with Gasteiger partial charge in [0.25, 0.3) is 0 Å². The predicted octanol–water partition coefficient (Wildman–Crippen LogP) is 4.34. The summed E-state index contributed by atoms with van der Waals surface area (Å²) in [7, 11) is 0. The summed E-state index contributed by atoms with van der Waals surface area (Å²) in [6, 6.07) is 9.27. The van der Waals surface area contributed by atoms with Crippen LogP contribution in [0.1, 0.15) is 43.6 Å². The van der Waals surface area contributed by atoms with Gasteiger partial charge in [0, 0.05) is 11.4 Å². The molecule has 1 aromatic carbocycles. The zero-order chi connectivity index (χ0) is 14.1. The first kappa shape index (κ1) is 13.6. The molecule has 3 rings (SSSR count). The van der Waals surface area contributed by atoms with Gasteiger partial charge in [-0.05, 0) is 54.7 Å². The van der Waals surface area contributed by atoms with E-state index in [2.05, 4.69) is 6.07 Å². The molecule has 104 valence electrons. The smallest absolute Gasteiger partial charge is 0.154 e. The lowest BCUT2D eigenvalue weighted by atomic mass is 9.82. The first-order valence-corrected chi connectivity index (χ1v) is 7.73. The third-order valence-corrected chi connectivity index (χ3v) is 5.22. The lowest BCUT2D eigenvalue weighted by molar-refractivity contribution is -0.120. The highest BCUT2D eigenvalue weighted by Gasteiger charge is 2.40. The highest BCUT2D eigenvalue weighted by atomic mass is 35.5. The summed E-state index contributed by atoms with van der Waals surface area (Å²) in [6.07, 6.45) is 5.66. The Morgan fingerprint density at radius 3 is 2.85 bits per heavy atom. The predicted molar refractivity (Wildman–Crippen MR) is 78.4 cm³/mol. The third-order valence-electron chi connectivity index (χ3n) is 4.98. The van der Waals surface area contributed by atoms with Gasteiger partial charge >= 0.3 is 0 Å². The zero-order valence-corrected chi connectivity index (χ0v) is 12.1. The van der Waals surface area contributed by atoms with Crippen LogP contribution in [0.25, 0.3) is 0 Å². The van der Waals surface area contributed by atoms with E-state index in [-0.39, 0.29) is 5.78 Å². The van der Waals surface area contributed by atoms with Crippen LogP contribution >= 0.6 is 11.6 Å². The summed E-state index contributed by atoms with van der Waals surface area (Å²) in [5.41, 5.74) is 0.730. The third kappa shape index (κ3) is 2.60. The van der Waals surface area contributed by atoms with E-state index < -0.39 is 5.92 Å². The topological polar surface area (TPSA) is 40.9 Å². The largest absolute Gasteiger partial charge is 0.298 e. The number of carbonyl (C=O) groups excluding carboxylic acids is 1. The number of rotatable bonds is 4. The molecule has 2 nitrogen and oxygen atoms in total. The van der Waals surface area contributed by atoms with Gasteiger partial charge in [0.05, 0.1) is 6.07 Å². The van der Waals surface area contributed by atoms with E-state index in [1.54, 1.807) is 18.2 Å². The fourth-order valence-corrected chi connectivity index (χ4v) is 4.22. The van der Waals surface area contributed by atoms with Crippen molar-refractivity contribution in [3.05, 3.63) is 34.9 Å². The van der Waals surface area contributed by atoms with E-state index in [4.69, 9.17) is 11.6 Å². The number of benzene rings is 1. The minimum Gasteiger partial charge on any atom is -0.298 e. The molecular formula is C17H18ClNO. The van der Waals surface area contributed by atoms with E-state index >= 15 is 0 Å². The monoisotopic (exact) mass is 287 g/mol. The maximum Gasteiger partial charge on any atom is 0.154 e. The van der Waals surface area contributed by atoms with Crippen LogP contribution in [0.3, 0.4) is 0 Å². The summed E-state index contributed by atoms with van der Waals surface area (Å²) in [6.45, 7) is 0. The van der Waals surface area contributed by atoms with Crippen molar-refractivity contribution in [2.24, 2.45) is 17.8 Å². The van der Waals surface area contributed by atoms with Crippen LogP contribution in [0.5, 0.6) is 0 Å². The first-order chi connectivity index (χ1) is 9.67. The van der Waals surface area contributed by atoms with Crippen molar-refractivity contribution in [3.8, 4) is 6.07 Å². The number of ketones is 1. The number of hydrogen-bond acceptors (Lipinski definition) is 2. The molecule has 4 unspecified atom stereocenters. The second kappa shape index (κ2) is 5.58. The summed E-state index contributed by atoms with van der Waals surface area (Å²) in [4.78, 5) is 12.5. The van der Waals surface area contributed by atoms with Crippen molar-refractivity contribution in [2.75, 3.05) is 0 Å². The van der Waals surface area contributed by atoms with Crippen LogP contribution in [0.15, 0.2) is 24.3 Å². The Bertz CT molecular complexity index is 562. The van der Waals surface area contributed by atoms with Gasteiger partial charge in [-0.1, -0.05) is 30.2 Å². The fraction of sp³-hybridized carbons (Fsp3) is 0.529. The van der Waals surface area contributed by atoms with E-state index in [0.29, 0.717) is 17.4 Å². The molecule has 4 atom stereocenters. The van der Waals surface area contributed by atoms with Crippen LogP contribution in [0, 0.1) is 29.1 Å². The van der Waals surface area contributed by atoms with Gasteiger partial charge in [0.2, 0.25) is 0 Å². The highest BCUT2D eigenvalue weighted by molar-refractivity contribution is 6.30. The molecule has 2 bridgehead atoms. The molecule has 0 N–H and O–H groups in total. The standard InChI is InChI=1S/C17H18ClNO/c18-15-3-1-2-13(8-15)16(10-19)17(20)9-14-7-11-4-5-12(14)6-11/h1-3,8,11-12,14,16H,4-7,9H2. The molecule has 0 spiro atoms. The van der Waals surface area contributed by atoms with Gasteiger partial charge < -0.3 is 0 Å². The summed E-state index contributed by atoms with van der Waals surface area (Å²) in [5.74, 6) is 1.48.